The highest BCUT2D eigenvalue weighted by atomic mass is 32.2. The summed E-state index contributed by atoms with van der Waals surface area (Å²) in [6.45, 7) is 5.37. The fourth-order valence-corrected chi connectivity index (χ4v) is 8.88. The first-order chi connectivity index (χ1) is 23.0. The average molecular weight is 677 g/mol. The predicted molar refractivity (Wildman–Crippen MR) is 185 cm³/mol. The van der Waals surface area contributed by atoms with Gasteiger partial charge in [-0.05, 0) is 41.1 Å². The Morgan fingerprint density at radius 1 is 1.00 bits per heavy atom. The van der Waals surface area contributed by atoms with Gasteiger partial charge in [0.15, 0.2) is 0 Å². The van der Waals surface area contributed by atoms with Crippen LogP contribution < -0.4 is 14.4 Å². The summed E-state index contributed by atoms with van der Waals surface area (Å²) in [6, 6.07) is 17.5. The Hall–Kier alpha value is -3.91. The zero-order valence-electron chi connectivity index (χ0n) is 28.0. The second kappa shape index (κ2) is 12.5. The van der Waals surface area contributed by atoms with Crippen molar-refractivity contribution in [2.75, 3.05) is 89.6 Å². The number of likely N-dealkylation sites (tertiary alicyclic amines) is 1. The van der Waals surface area contributed by atoms with E-state index < -0.39 is 15.6 Å². The maximum atomic E-state index is 14.6. The van der Waals surface area contributed by atoms with Crippen LogP contribution in [0, 0.1) is 5.92 Å². The number of urea groups is 1. The molecule has 4 heterocycles. The van der Waals surface area contributed by atoms with Crippen molar-refractivity contribution in [3.63, 3.8) is 0 Å². The van der Waals surface area contributed by atoms with Crippen LogP contribution in [0.4, 0.5) is 16.2 Å². The van der Waals surface area contributed by atoms with Crippen molar-refractivity contribution in [2.24, 2.45) is 5.92 Å². The van der Waals surface area contributed by atoms with E-state index in [2.05, 4.69) is 43.7 Å². The third-order valence-corrected chi connectivity index (χ3v) is 11.0. The van der Waals surface area contributed by atoms with Gasteiger partial charge in [0, 0.05) is 76.9 Å². The quantitative estimate of drug-likeness (QED) is 0.324. The molecule has 3 aromatic rings. The van der Waals surface area contributed by atoms with Crippen LogP contribution in [-0.4, -0.2) is 125 Å². The van der Waals surface area contributed by atoms with Gasteiger partial charge in [0.2, 0.25) is 10.0 Å². The zero-order chi connectivity index (χ0) is 33.8. The lowest BCUT2D eigenvalue weighted by Gasteiger charge is -2.33. The molecule has 1 spiro atoms. The molecule has 7 rings (SSSR count). The van der Waals surface area contributed by atoms with Gasteiger partial charge in [-0.2, -0.15) is 0 Å². The van der Waals surface area contributed by atoms with Crippen LogP contribution in [0.25, 0.3) is 10.8 Å². The molecule has 3 amide bonds. The monoisotopic (exact) mass is 676 g/mol. The van der Waals surface area contributed by atoms with Gasteiger partial charge in [0.1, 0.15) is 11.3 Å². The Labute approximate surface area is 282 Å². The number of sulfonamides is 1. The molecule has 0 aliphatic carbocycles. The van der Waals surface area contributed by atoms with Crippen molar-refractivity contribution >= 4 is 44.1 Å². The van der Waals surface area contributed by atoms with Crippen LogP contribution in [-0.2, 0) is 26.1 Å². The van der Waals surface area contributed by atoms with Crippen molar-refractivity contribution in [1.82, 2.24) is 19.6 Å². The van der Waals surface area contributed by atoms with Crippen LogP contribution >= 0.6 is 0 Å². The molecule has 3 aromatic carbocycles. The molecule has 0 radical (unpaired) electrons. The number of nitrogens with zero attached hydrogens (tertiary/aromatic N) is 5. The van der Waals surface area contributed by atoms with Gasteiger partial charge in [0.05, 0.1) is 38.3 Å². The van der Waals surface area contributed by atoms with E-state index in [4.69, 9.17) is 9.47 Å². The lowest BCUT2D eigenvalue weighted by molar-refractivity contribution is -0.133. The van der Waals surface area contributed by atoms with E-state index in [1.165, 1.54) is 12.0 Å². The van der Waals surface area contributed by atoms with Gasteiger partial charge in [0.25, 0.3) is 5.91 Å². The second-order valence-electron chi connectivity index (χ2n) is 13.6. The molecule has 0 saturated carbocycles. The lowest BCUT2D eigenvalue weighted by atomic mass is 9.87. The maximum absolute atomic E-state index is 14.6. The SMILES string of the molecule is COc1ccc(CN2C[C@H]3C[C@H](c4ccc(N(C)C)c5ccccc45)N4C(=O)N(CCN5CCOCC5)C(=O)[C@]34C2)cc1NS(C)(=O)=O. The van der Waals surface area contributed by atoms with Gasteiger partial charge in [-0.15, -0.1) is 0 Å². The number of carbonyl (C=O) groups excluding carboxylic acids is 2. The summed E-state index contributed by atoms with van der Waals surface area (Å²) in [7, 11) is 2.04. The normalized spacial score (nSPS) is 24.8. The van der Waals surface area contributed by atoms with Gasteiger partial charge < -0.3 is 19.3 Å². The van der Waals surface area contributed by atoms with Crippen LogP contribution in [0.2, 0.25) is 0 Å². The Balaban J connectivity index is 1.22. The Morgan fingerprint density at radius 3 is 2.46 bits per heavy atom. The third-order valence-electron chi connectivity index (χ3n) is 10.4. The van der Waals surface area contributed by atoms with E-state index in [-0.39, 0.29) is 23.9 Å². The first-order valence-electron chi connectivity index (χ1n) is 16.5. The van der Waals surface area contributed by atoms with Gasteiger partial charge in [-0.25, -0.2) is 13.2 Å². The summed E-state index contributed by atoms with van der Waals surface area (Å²) in [6.07, 6.45) is 1.79. The fourth-order valence-electron chi connectivity index (χ4n) is 8.32. The molecule has 0 unspecified atom stereocenters. The van der Waals surface area contributed by atoms with Crippen molar-refractivity contribution in [3.05, 3.63) is 65.7 Å². The van der Waals surface area contributed by atoms with E-state index in [1.54, 1.807) is 12.1 Å². The molecule has 0 aromatic heterocycles. The first-order valence-corrected chi connectivity index (χ1v) is 18.4. The highest BCUT2D eigenvalue weighted by Crippen LogP contribution is 2.56. The van der Waals surface area contributed by atoms with Crippen LogP contribution in [0.3, 0.4) is 0 Å². The molecule has 4 aliphatic rings. The van der Waals surface area contributed by atoms with Crippen molar-refractivity contribution in [3.8, 4) is 5.75 Å². The number of morpholine rings is 1. The number of methoxy groups -OCH3 is 1. The lowest BCUT2D eigenvalue weighted by Crippen LogP contribution is -2.51. The summed E-state index contributed by atoms with van der Waals surface area (Å²) >= 11 is 0. The molecule has 12 nitrogen and oxygen atoms in total. The predicted octanol–water partition coefficient (Wildman–Crippen LogP) is 3.20. The highest BCUT2D eigenvalue weighted by molar-refractivity contribution is 7.92. The number of anilines is 2. The summed E-state index contributed by atoms with van der Waals surface area (Å²) in [5.74, 6) is 0.251. The number of amides is 3. The molecular weight excluding hydrogens is 632 g/mol. The van der Waals surface area contributed by atoms with Crippen LogP contribution in [0.1, 0.15) is 23.6 Å². The smallest absolute Gasteiger partial charge is 0.328 e. The first kappa shape index (κ1) is 32.6. The molecule has 3 atom stereocenters. The summed E-state index contributed by atoms with van der Waals surface area (Å²) < 4.78 is 37.5. The number of fused-ring (bicyclic) bond motifs is 1. The number of rotatable bonds is 10. The summed E-state index contributed by atoms with van der Waals surface area (Å²) in [5, 5.41) is 2.21. The minimum atomic E-state index is -3.52. The standard InChI is InChI=1S/C35H44N6O6S/c1-37(2)30-11-10-28(26-7-5-6-8-27(26)30)31-20-25-22-39(21-24-9-12-32(46-3)29(19-24)36-48(4,44)45)23-35(25)33(42)40(34(43)41(31)35)14-13-38-15-17-47-18-16-38/h5-12,19,25,31,36H,13-18,20-23H2,1-4H3/t25-,31-,35+/m1/s1. The number of benzene rings is 3. The van der Waals surface area contributed by atoms with E-state index in [1.807, 2.05) is 37.2 Å². The molecule has 4 saturated heterocycles. The number of nitrogens with one attached hydrogen (secondary N) is 1. The third kappa shape index (κ3) is 5.66. The Bertz CT molecular complexity index is 1850. The highest BCUT2D eigenvalue weighted by Gasteiger charge is 2.70. The molecule has 0 bridgehead atoms. The van der Waals surface area contributed by atoms with E-state index in [0.29, 0.717) is 63.8 Å². The Kier molecular flexibility index (Phi) is 8.51. The molecule has 48 heavy (non-hydrogen) atoms. The van der Waals surface area contributed by atoms with Crippen molar-refractivity contribution in [1.29, 1.82) is 0 Å². The van der Waals surface area contributed by atoms with Gasteiger partial charge >= 0.3 is 6.03 Å². The molecule has 4 aliphatic heterocycles. The number of hydrogen-bond donors (Lipinski definition) is 1. The summed E-state index contributed by atoms with van der Waals surface area (Å²) in [5.41, 5.74) is 2.45. The summed E-state index contributed by atoms with van der Waals surface area (Å²) in [4.78, 5) is 39.1. The minimum absolute atomic E-state index is 0.0634. The molecule has 256 valence electrons. The van der Waals surface area contributed by atoms with Gasteiger partial charge in [-0.1, -0.05) is 36.4 Å². The topological polar surface area (TPSA) is 115 Å². The second-order valence-corrected chi connectivity index (χ2v) is 15.4. The number of imide groups is 1. The van der Waals surface area contributed by atoms with Crippen molar-refractivity contribution in [2.45, 2.75) is 24.5 Å². The Morgan fingerprint density at radius 2 is 1.75 bits per heavy atom. The van der Waals surface area contributed by atoms with Crippen LogP contribution in [0.5, 0.6) is 5.75 Å². The minimum Gasteiger partial charge on any atom is -0.495 e. The fraction of sp³-hybridized carbons (Fsp3) is 0.486. The number of ether oxygens (including phenoxy) is 2. The van der Waals surface area contributed by atoms with Crippen LogP contribution in [0.15, 0.2) is 54.6 Å². The molecular formula is C35H44N6O6S. The largest absolute Gasteiger partial charge is 0.495 e. The maximum Gasteiger partial charge on any atom is 0.328 e. The molecule has 4 fully saturated rings. The molecule has 1 N–H and O–H groups in total. The number of hydrogen-bond acceptors (Lipinski definition) is 9. The number of carbonyl (C=O) groups is 2. The molecule has 13 heteroatoms. The van der Waals surface area contributed by atoms with Crippen molar-refractivity contribution < 1.29 is 27.5 Å². The van der Waals surface area contributed by atoms with Gasteiger partial charge in [-0.3, -0.25) is 24.2 Å². The van der Waals surface area contributed by atoms with E-state index >= 15 is 0 Å². The van der Waals surface area contributed by atoms with E-state index in [0.717, 1.165) is 46.9 Å². The van der Waals surface area contributed by atoms with E-state index in [9.17, 15) is 18.0 Å². The zero-order valence-corrected chi connectivity index (χ0v) is 28.8. The average Bonchev–Trinajstić information content (AvgIpc) is 3.63.